The number of hydrogen-bond donors (Lipinski definition) is 1. The Morgan fingerprint density at radius 1 is 1.00 bits per heavy atom. The molecule has 0 spiro atoms. The maximum atomic E-state index is 14.1. The van der Waals surface area contributed by atoms with Crippen LogP contribution in [0.4, 0.5) is 5.69 Å². The number of anilines is 1. The lowest BCUT2D eigenvalue weighted by molar-refractivity contribution is -0.181. The van der Waals surface area contributed by atoms with Gasteiger partial charge in [-0.05, 0) is 69.3 Å². The van der Waals surface area contributed by atoms with Crippen LogP contribution in [0.5, 0.6) is 5.75 Å². The summed E-state index contributed by atoms with van der Waals surface area (Å²) in [6.07, 6.45) is -0.919. The van der Waals surface area contributed by atoms with Gasteiger partial charge in [0.2, 0.25) is 0 Å². The lowest BCUT2D eigenvalue weighted by atomic mass is 9.77. The molecule has 0 aromatic heterocycles. The molecule has 0 bridgehead atoms. The van der Waals surface area contributed by atoms with E-state index in [-0.39, 0.29) is 17.1 Å². The van der Waals surface area contributed by atoms with Gasteiger partial charge in [0.05, 0.1) is 24.2 Å². The number of amides is 2. The topological polar surface area (TPSA) is 138 Å². The van der Waals surface area contributed by atoms with E-state index in [0.717, 1.165) is 5.56 Å². The van der Waals surface area contributed by atoms with Gasteiger partial charge in [0, 0.05) is 5.69 Å². The van der Waals surface area contributed by atoms with E-state index in [1.807, 2.05) is 6.92 Å². The molecular weight excluding hydrogens is 576 g/mol. The molecule has 3 aromatic carbocycles. The number of carbonyl (C=O) groups excluding carboxylic acids is 3. The first kappa shape index (κ1) is 30.2. The van der Waals surface area contributed by atoms with Crippen molar-refractivity contribution in [2.75, 3.05) is 24.5 Å². The van der Waals surface area contributed by atoms with E-state index in [1.165, 1.54) is 36.3 Å². The molecule has 0 saturated carbocycles. The van der Waals surface area contributed by atoms with E-state index < -0.39 is 57.0 Å². The van der Waals surface area contributed by atoms with Gasteiger partial charge in [-0.15, -0.1) is 0 Å². The quantitative estimate of drug-likeness (QED) is 0.221. The van der Waals surface area contributed by atoms with Crippen LogP contribution in [0.15, 0.2) is 83.8 Å². The Balaban J connectivity index is 1.54. The summed E-state index contributed by atoms with van der Waals surface area (Å²) in [4.78, 5) is 42.8. The normalized spacial score (nSPS) is 22.9. The molecule has 226 valence electrons. The molecule has 2 saturated heterocycles. The van der Waals surface area contributed by atoms with Gasteiger partial charge < -0.3 is 24.3 Å². The first-order valence-electron chi connectivity index (χ1n) is 13.5. The summed E-state index contributed by atoms with van der Waals surface area (Å²) in [7, 11) is -2.51. The molecule has 3 atom stereocenters. The predicted molar refractivity (Wildman–Crippen MR) is 155 cm³/mol. The van der Waals surface area contributed by atoms with Crippen molar-refractivity contribution in [2.45, 2.75) is 49.2 Å². The van der Waals surface area contributed by atoms with Crippen LogP contribution in [0.2, 0.25) is 0 Å². The number of nitrogens with one attached hydrogen (secondary N) is 1. The predicted octanol–water partition coefficient (Wildman–Crippen LogP) is 3.01. The second-order valence-electron chi connectivity index (χ2n) is 10.8. The Kier molecular flexibility index (Phi) is 8.03. The number of sulfone groups is 1. The largest absolute Gasteiger partial charge is 0.497 e. The van der Waals surface area contributed by atoms with Crippen LogP contribution in [0.1, 0.15) is 29.8 Å². The first-order valence-corrected chi connectivity index (χ1v) is 15.2. The Morgan fingerprint density at radius 2 is 1.65 bits per heavy atom. The van der Waals surface area contributed by atoms with E-state index in [2.05, 4.69) is 5.32 Å². The number of ether oxygens (including phenoxy) is 4. The fraction of sp³-hybridized carbons (Fsp3) is 0.323. The second-order valence-corrected chi connectivity index (χ2v) is 12.7. The van der Waals surface area contributed by atoms with Crippen molar-refractivity contribution in [2.24, 2.45) is 0 Å². The van der Waals surface area contributed by atoms with Gasteiger partial charge in [-0.2, -0.15) is 0 Å². The van der Waals surface area contributed by atoms with Crippen molar-refractivity contribution in [3.8, 4) is 5.75 Å². The van der Waals surface area contributed by atoms with Gasteiger partial charge >= 0.3 is 5.97 Å². The van der Waals surface area contributed by atoms with Crippen molar-refractivity contribution >= 4 is 33.3 Å². The highest BCUT2D eigenvalue weighted by molar-refractivity contribution is 7.91. The Morgan fingerprint density at radius 3 is 2.23 bits per heavy atom. The van der Waals surface area contributed by atoms with E-state index in [9.17, 15) is 22.8 Å². The summed E-state index contributed by atoms with van der Waals surface area (Å²) in [5.41, 5.74) is -1.13. The first-order chi connectivity index (χ1) is 20.4. The lowest BCUT2D eigenvalue weighted by Crippen LogP contribution is -2.84. The number of hydrogen-bond acceptors (Lipinski definition) is 9. The van der Waals surface area contributed by atoms with E-state index in [4.69, 9.17) is 18.9 Å². The van der Waals surface area contributed by atoms with Crippen LogP contribution < -0.4 is 15.0 Å². The third kappa shape index (κ3) is 5.73. The summed E-state index contributed by atoms with van der Waals surface area (Å²) in [6.45, 7) is 5.14. The molecule has 2 heterocycles. The van der Waals surface area contributed by atoms with Crippen molar-refractivity contribution in [1.29, 1.82) is 0 Å². The third-order valence-corrected chi connectivity index (χ3v) is 8.88. The minimum atomic E-state index is -4.01. The average Bonchev–Trinajstić information content (AvgIpc) is 3.36. The number of carbonyl (C=O) groups is 3. The van der Waals surface area contributed by atoms with Gasteiger partial charge in [0.1, 0.15) is 23.8 Å². The number of nitrogens with zero attached hydrogens (tertiary/aromatic N) is 1. The zero-order valence-electron chi connectivity index (χ0n) is 24.1. The van der Waals surface area contributed by atoms with Crippen LogP contribution in [0, 0.1) is 6.92 Å². The number of benzene rings is 3. The molecule has 12 heteroatoms. The molecule has 0 aliphatic carbocycles. The molecule has 43 heavy (non-hydrogen) atoms. The molecule has 2 amide bonds. The fourth-order valence-corrected chi connectivity index (χ4v) is 6.19. The minimum absolute atomic E-state index is 0.0145. The Labute approximate surface area is 249 Å². The van der Waals surface area contributed by atoms with Crippen molar-refractivity contribution < 1.29 is 41.7 Å². The summed E-state index contributed by atoms with van der Waals surface area (Å²) in [5, 5.41) is 2.36. The van der Waals surface area contributed by atoms with Crippen LogP contribution in [-0.4, -0.2) is 69.3 Å². The molecule has 2 aliphatic heterocycles. The maximum Gasteiger partial charge on any atom is 0.339 e. The lowest BCUT2D eigenvalue weighted by Gasteiger charge is -2.54. The van der Waals surface area contributed by atoms with Crippen LogP contribution >= 0.6 is 0 Å². The average molecular weight is 609 g/mol. The van der Waals surface area contributed by atoms with Crippen LogP contribution in [0.25, 0.3) is 0 Å². The summed E-state index contributed by atoms with van der Waals surface area (Å²) in [6, 6.07) is 19.3. The van der Waals surface area contributed by atoms with E-state index in [0.29, 0.717) is 11.4 Å². The summed E-state index contributed by atoms with van der Waals surface area (Å²) < 4.78 is 49.1. The fourth-order valence-electron chi connectivity index (χ4n) is 5.15. The second kappa shape index (κ2) is 11.4. The van der Waals surface area contributed by atoms with Crippen molar-refractivity contribution in [1.82, 2.24) is 5.32 Å². The summed E-state index contributed by atoms with van der Waals surface area (Å²) >= 11 is 0. The SMILES string of the molecule is COc1ccc(N2C(=O)[C@@](OC(=O)c3ccccc3)(C(=O)NCS(=O)(=O)c3ccc(C)cc3)[C@@H]2[C@H]2COC(C)(C)O2)cc1. The van der Waals surface area contributed by atoms with E-state index >= 15 is 0 Å². The molecule has 2 aliphatic rings. The zero-order valence-corrected chi connectivity index (χ0v) is 24.9. The standard InChI is InChI=1S/C31H32N2O9S/c1-20-10-16-24(17-11-20)43(37,38)19-32-28(35)31(42-27(34)21-8-6-5-7-9-21)26(25-18-40-30(2,3)41-25)33(29(31)36)22-12-14-23(39-4)15-13-22/h5-17,25-26H,18-19H2,1-4H3,(H,32,35)/t25-,26+,31+/m1/s1. The Hall–Kier alpha value is -4.26. The molecule has 0 radical (unpaired) electrons. The highest BCUT2D eigenvalue weighted by atomic mass is 32.2. The number of methoxy groups -OCH3 is 1. The minimum Gasteiger partial charge on any atom is -0.497 e. The Bertz CT molecular complexity index is 1620. The van der Waals surface area contributed by atoms with Crippen molar-refractivity contribution in [3.63, 3.8) is 0 Å². The van der Waals surface area contributed by atoms with Gasteiger partial charge in [0.25, 0.3) is 17.4 Å². The third-order valence-electron chi connectivity index (χ3n) is 7.37. The molecule has 0 unspecified atom stereocenters. The summed E-state index contributed by atoms with van der Waals surface area (Å²) in [5.74, 6) is -4.27. The number of esters is 1. The monoisotopic (exact) mass is 608 g/mol. The number of β-lactam (4-membered cyclic amide) rings is 1. The number of aryl methyl sites for hydroxylation is 1. The maximum absolute atomic E-state index is 14.1. The molecule has 3 aromatic rings. The smallest absolute Gasteiger partial charge is 0.339 e. The molecule has 11 nitrogen and oxygen atoms in total. The molecule has 1 N–H and O–H groups in total. The van der Waals surface area contributed by atoms with Crippen LogP contribution in [0.3, 0.4) is 0 Å². The molecular formula is C31H32N2O9S. The van der Waals surface area contributed by atoms with Gasteiger partial charge in [-0.25, -0.2) is 13.2 Å². The highest BCUT2D eigenvalue weighted by Crippen LogP contribution is 2.45. The van der Waals surface area contributed by atoms with Gasteiger partial charge in [-0.1, -0.05) is 35.9 Å². The van der Waals surface area contributed by atoms with Gasteiger partial charge in [-0.3, -0.25) is 14.5 Å². The molecule has 2 fully saturated rings. The number of rotatable bonds is 9. The molecule has 5 rings (SSSR count). The van der Waals surface area contributed by atoms with Gasteiger partial charge in [0.15, 0.2) is 15.6 Å². The van der Waals surface area contributed by atoms with Crippen LogP contribution in [-0.2, 0) is 33.6 Å². The van der Waals surface area contributed by atoms with E-state index in [1.54, 1.807) is 68.4 Å². The highest BCUT2D eigenvalue weighted by Gasteiger charge is 2.73. The zero-order chi connectivity index (χ0) is 31.0. The van der Waals surface area contributed by atoms with Crippen molar-refractivity contribution in [3.05, 3.63) is 90.0 Å².